The highest BCUT2D eigenvalue weighted by Gasteiger charge is 2.41. The second-order valence-electron chi connectivity index (χ2n) is 19.5. The molecule has 8 bridgehead atoms. The van der Waals surface area contributed by atoms with Crippen LogP contribution in [0.5, 0.6) is 0 Å². The first-order valence-corrected chi connectivity index (χ1v) is 26.8. The quantitative estimate of drug-likeness (QED) is 0.0894. The molecule has 3 aliphatic rings. The Bertz CT molecular complexity index is 2930. The van der Waals surface area contributed by atoms with Crippen molar-refractivity contribution in [1.29, 1.82) is 0 Å². The van der Waals surface area contributed by atoms with Crippen molar-refractivity contribution >= 4 is 63.4 Å². The summed E-state index contributed by atoms with van der Waals surface area (Å²) >= 11 is 0. The molecule has 0 saturated heterocycles. The second kappa shape index (κ2) is 25.1. The molecule has 5 aromatic carbocycles. The van der Waals surface area contributed by atoms with Gasteiger partial charge in [0.2, 0.25) is 0 Å². The Morgan fingerprint density at radius 2 is 0.681 bits per heavy atom. The van der Waals surface area contributed by atoms with Crippen LogP contribution in [-0.2, 0) is 5.41 Å². The molecule has 5 nitrogen and oxygen atoms in total. The maximum Gasteiger partial charge on any atom is 0.0659 e. The van der Waals surface area contributed by atoms with E-state index in [0.29, 0.717) is 0 Å². The Balaban J connectivity index is 0.000000136. The van der Waals surface area contributed by atoms with Crippen LogP contribution in [0.4, 0.5) is 17.1 Å². The number of anilines is 3. The van der Waals surface area contributed by atoms with E-state index in [4.69, 9.17) is 0 Å². The van der Waals surface area contributed by atoms with Gasteiger partial charge in [-0.25, -0.2) is 9.97 Å². The number of nitrogens with zero attached hydrogens (tertiary/aromatic N) is 3. The van der Waals surface area contributed by atoms with Gasteiger partial charge in [0, 0.05) is 44.5 Å². The van der Waals surface area contributed by atoms with Gasteiger partial charge in [-0.3, -0.25) is 0 Å². The van der Waals surface area contributed by atoms with Crippen LogP contribution in [0.15, 0.2) is 188 Å². The van der Waals surface area contributed by atoms with E-state index in [-0.39, 0.29) is 5.41 Å². The minimum absolute atomic E-state index is 0.253. The van der Waals surface area contributed by atoms with Gasteiger partial charge in [0.05, 0.1) is 22.8 Å². The number of rotatable bonds is 17. The molecule has 5 heterocycles. The van der Waals surface area contributed by atoms with Crippen LogP contribution in [0.2, 0.25) is 0 Å². The highest BCUT2D eigenvalue weighted by Crippen LogP contribution is 2.54. The smallest absolute Gasteiger partial charge is 0.0659 e. The summed E-state index contributed by atoms with van der Waals surface area (Å²) in [6.45, 7) is 4.61. The minimum Gasteiger partial charge on any atom is -0.355 e. The molecule has 5 heteroatoms. The van der Waals surface area contributed by atoms with Crippen molar-refractivity contribution in [2.75, 3.05) is 4.90 Å². The second-order valence-corrected chi connectivity index (χ2v) is 19.5. The lowest BCUT2D eigenvalue weighted by atomic mass is 9.70. The van der Waals surface area contributed by atoms with Gasteiger partial charge in [0.15, 0.2) is 0 Å². The van der Waals surface area contributed by atoms with Gasteiger partial charge >= 0.3 is 0 Å². The molecule has 72 heavy (non-hydrogen) atoms. The number of aromatic amines is 2. The molecule has 11 rings (SSSR count). The maximum absolute atomic E-state index is 4.62. The number of fused-ring (bicyclic) bond motifs is 11. The molecule has 0 radical (unpaired) electrons. The van der Waals surface area contributed by atoms with E-state index >= 15 is 0 Å². The van der Waals surface area contributed by atoms with Crippen LogP contribution < -0.4 is 4.90 Å². The number of benzene rings is 5. The SMILES string of the molecule is C1=Cc2cc3ccc(cc4ccc(cc5nc(cc1n2)C=C5)[nH]4)[nH]3.CCCCCCCCC1(CCCCCCCC)c2ccccc2-c2ccccc21.c1ccc(N(c2ccccc2)c2ccccc2)cc1. The van der Waals surface area contributed by atoms with E-state index in [9.17, 15) is 0 Å². The minimum atomic E-state index is 0.253. The van der Waals surface area contributed by atoms with Crippen molar-refractivity contribution in [3.63, 3.8) is 0 Å². The Morgan fingerprint density at radius 3 is 1.08 bits per heavy atom. The molecule has 0 saturated carbocycles. The van der Waals surface area contributed by atoms with Crippen LogP contribution in [-0.4, -0.2) is 19.9 Å². The third-order valence-corrected chi connectivity index (χ3v) is 14.2. The molecule has 0 unspecified atom stereocenters. The predicted octanol–water partition coefficient (Wildman–Crippen LogP) is 19.3. The van der Waals surface area contributed by atoms with Crippen molar-refractivity contribution in [2.24, 2.45) is 0 Å². The summed E-state index contributed by atoms with van der Waals surface area (Å²) in [5.74, 6) is 0. The van der Waals surface area contributed by atoms with E-state index in [1.165, 1.54) is 118 Å². The number of hydrogen-bond acceptors (Lipinski definition) is 3. The molecule has 3 aromatic heterocycles. The molecule has 0 fully saturated rings. The molecule has 0 spiro atoms. The van der Waals surface area contributed by atoms with Crippen molar-refractivity contribution in [1.82, 2.24) is 19.9 Å². The zero-order valence-corrected chi connectivity index (χ0v) is 42.4. The molecular weight excluding hydrogens is 875 g/mol. The molecular formula is C67H71N5. The monoisotopic (exact) mass is 946 g/mol. The summed E-state index contributed by atoms with van der Waals surface area (Å²) in [5, 5.41) is 0. The number of para-hydroxylation sites is 3. The Kier molecular flexibility index (Phi) is 17.2. The molecule has 2 aliphatic heterocycles. The zero-order valence-electron chi connectivity index (χ0n) is 42.4. The van der Waals surface area contributed by atoms with Gasteiger partial charge in [-0.2, -0.15) is 0 Å². The molecule has 0 amide bonds. The Hall–Kier alpha value is -7.50. The van der Waals surface area contributed by atoms with E-state index in [2.05, 4.69) is 190 Å². The fraction of sp³-hybridized carbons (Fsp3) is 0.254. The Morgan fingerprint density at radius 1 is 0.347 bits per heavy atom. The normalized spacial score (nSPS) is 12.5. The molecule has 0 atom stereocenters. The Labute approximate surface area is 428 Å². The lowest BCUT2D eigenvalue weighted by molar-refractivity contribution is 0.398. The maximum atomic E-state index is 4.62. The van der Waals surface area contributed by atoms with Gasteiger partial charge in [-0.05, 0) is 144 Å². The van der Waals surface area contributed by atoms with Gasteiger partial charge in [0.1, 0.15) is 0 Å². The van der Waals surface area contributed by atoms with Crippen LogP contribution in [0.1, 0.15) is 138 Å². The van der Waals surface area contributed by atoms with E-state index in [1.54, 1.807) is 11.1 Å². The number of H-pyrrole nitrogens is 2. The lowest BCUT2D eigenvalue weighted by Gasteiger charge is -2.33. The van der Waals surface area contributed by atoms with Gasteiger partial charge in [-0.1, -0.05) is 194 Å². The molecule has 2 N–H and O–H groups in total. The highest BCUT2D eigenvalue weighted by molar-refractivity contribution is 5.81. The van der Waals surface area contributed by atoms with Gasteiger partial charge in [-0.15, -0.1) is 0 Å². The average molecular weight is 946 g/mol. The van der Waals surface area contributed by atoms with Crippen LogP contribution >= 0.6 is 0 Å². The number of hydrogen-bond donors (Lipinski definition) is 2. The van der Waals surface area contributed by atoms with E-state index < -0.39 is 0 Å². The topological polar surface area (TPSA) is 60.6 Å². The summed E-state index contributed by atoms with van der Waals surface area (Å²) in [6, 6.07) is 66.2. The number of aromatic nitrogens is 4. The molecule has 8 aromatic rings. The standard InChI is InChI=1S/C29H42.C20H14N4.C18H15N/c1-3-5-7-9-11-17-23-29(24-18-12-10-8-6-4-2)27-21-15-13-19-25(27)26-20-14-16-22-28(26)29;1-2-14-10-16-5-6-18(23-16)12-20-8-7-19(24-20)11-17-4-3-15(22-17)9-13(1)21-14;1-4-10-16(11-5-1)19(17-12-6-2-7-13-17)18-14-8-3-9-15-18/h13-16,19-22H,3-12,17-18,23-24H2,1-2H3;1-12,21-22H;1-15H. The number of nitrogens with one attached hydrogen (secondary N) is 2. The third kappa shape index (κ3) is 12.7. The van der Waals surface area contributed by atoms with Crippen molar-refractivity contribution in [3.05, 3.63) is 222 Å². The van der Waals surface area contributed by atoms with Crippen molar-refractivity contribution < 1.29 is 0 Å². The number of unbranched alkanes of at least 4 members (excludes halogenated alkanes) is 10. The van der Waals surface area contributed by atoms with Crippen molar-refractivity contribution in [3.8, 4) is 11.1 Å². The van der Waals surface area contributed by atoms with Gasteiger partial charge in [0.25, 0.3) is 0 Å². The summed E-state index contributed by atoms with van der Waals surface area (Å²) in [6.07, 6.45) is 27.3. The largest absolute Gasteiger partial charge is 0.355 e. The summed E-state index contributed by atoms with van der Waals surface area (Å²) in [7, 11) is 0. The summed E-state index contributed by atoms with van der Waals surface area (Å²) < 4.78 is 0. The summed E-state index contributed by atoms with van der Waals surface area (Å²) in [4.78, 5) is 18.3. The zero-order chi connectivity index (χ0) is 49.2. The van der Waals surface area contributed by atoms with Crippen molar-refractivity contribution in [2.45, 2.75) is 109 Å². The summed E-state index contributed by atoms with van der Waals surface area (Å²) in [5.41, 5.74) is 17.8. The van der Waals surface area contributed by atoms with Crippen LogP contribution in [0.3, 0.4) is 0 Å². The lowest BCUT2D eigenvalue weighted by Crippen LogP contribution is -2.25. The molecule has 364 valence electrons. The van der Waals surface area contributed by atoms with Crippen LogP contribution in [0, 0.1) is 0 Å². The first-order valence-electron chi connectivity index (χ1n) is 26.8. The van der Waals surface area contributed by atoms with Gasteiger partial charge < -0.3 is 14.9 Å². The average Bonchev–Trinajstić information content (AvgIpc) is 4.29. The van der Waals surface area contributed by atoms with Crippen LogP contribution in [0.25, 0.3) is 57.5 Å². The van der Waals surface area contributed by atoms with E-state index in [0.717, 1.165) is 44.8 Å². The molecule has 1 aliphatic carbocycles. The fourth-order valence-corrected chi connectivity index (χ4v) is 10.6. The van der Waals surface area contributed by atoms with E-state index in [1.807, 2.05) is 60.7 Å². The fourth-order valence-electron chi connectivity index (χ4n) is 10.6. The predicted molar refractivity (Wildman–Crippen MR) is 309 cm³/mol. The third-order valence-electron chi connectivity index (χ3n) is 14.2. The highest BCUT2D eigenvalue weighted by atomic mass is 15.1. The first-order chi connectivity index (χ1) is 35.6. The first kappa shape index (κ1) is 49.5.